The molecule has 2 aromatic heterocycles. The minimum Gasteiger partial charge on any atom is -0.452 e. The number of ether oxygens (including phenoxy) is 1. The summed E-state index contributed by atoms with van der Waals surface area (Å²) >= 11 is 6.02. The Hall–Kier alpha value is -3.26. The third kappa shape index (κ3) is 4.33. The third-order valence-corrected chi connectivity index (χ3v) is 5.22. The van der Waals surface area contributed by atoms with Crippen molar-refractivity contribution in [1.29, 1.82) is 0 Å². The second-order valence-electron chi connectivity index (χ2n) is 6.95. The van der Waals surface area contributed by atoms with Crippen molar-refractivity contribution >= 4 is 40.3 Å². The molecule has 1 saturated heterocycles. The van der Waals surface area contributed by atoms with E-state index in [0.717, 1.165) is 10.9 Å². The van der Waals surface area contributed by atoms with Crippen LogP contribution in [0.5, 0.6) is 0 Å². The quantitative estimate of drug-likeness (QED) is 0.593. The number of rotatable bonds is 4. The van der Waals surface area contributed by atoms with E-state index in [1.54, 1.807) is 54.5 Å². The molecule has 1 aromatic carbocycles. The number of carbonyl (C=O) groups is 2. The Morgan fingerprint density at radius 1 is 1.10 bits per heavy atom. The van der Waals surface area contributed by atoms with Crippen LogP contribution in [0.3, 0.4) is 0 Å². The van der Waals surface area contributed by atoms with Gasteiger partial charge < -0.3 is 14.5 Å². The Labute approximate surface area is 178 Å². The maximum atomic E-state index is 12.5. The number of halogens is 1. The molecule has 0 N–H and O–H groups in total. The van der Waals surface area contributed by atoms with Gasteiger partial charge in [-0.3, -0.25) is 9.78 Å². The highest BCUT2D eigenvalue weighted by Gasteiger charge is 2.24. The van der Waals surface area contributed by atoms with Gasteiger partial charge in [0.1, 0.15) is 0 Å². The highest BCUT2D eigenvalue weighted by Crippen LogP contribution is 2.21. The first kappa shape index (κ1) is 20.0. The van der Waals surface area contributed by atoms with E-state index < -0.39 is 5.97 Å². The van der Waals surface area contributed by atoms with Crippen LogP contribution in [0.15, 0.2) is 42.7 Å². The number of amides is 1. The zero-order chi connectivity index (χ0) is 21.1. The molecule has 3 heterocycles. The fraction of sp³-hybridized carbons (Fsp3) is 0.286. The van der Waals surface area contributed by atoms with Crippen molar-refractivity contribution in [1.82, 2.24) is 19.9 Å². The number of pyridine rings is 1. The van der Waals surface area contributed by atoms with E-state index in [1.165, 1.54) is 0 Å². The lowest BCUT2D eigenvalue weighted by atomic mass is 10.1. The number of aromatic nitrogens is 3. The molecule has 1 aliphatic rings. The van der Waals surface area contributed by atoms with Crippen molar-refractivity contribution < 1.29 is 14.3 Å². The molecule has 1 aliphatic heterocycles. The second-order valence-corrected chi connectivity index (χ2v) is 7.39. The van der Waals surface area contributed by atoms with Crippen LogP contribution in [0.25, 0.3) is 10.9 Å². The summed E-state index contributed by atoms with van der Waals surface area (Å²) in [6.07, 6.45) is 3.38. The van der Waals surface area contributed by atoms with E-state index >= 15 is 0 Å². The molecule has 9 heteroatoms. The maximum absolute atomic E-state index is 12.5. The van der Waals surface area contributed by atoms with E-state index in [0.29, 0.717) is 48.4 Å². The largest absolute Gasteiger partial charge is 0.452 e. The van der Waals surface area contributed by atoms with E-state index in [4.69, 9.17) is 16.3 Å². The summed E-state index contributed by atoms with van der Waals surface area (Å²) in [5.41, 5.74) is 1.60. The Morgan fingerprint density at radius 2 is 1.83 bits per heavy atom. The van der Waals surface area contributed by atoms with Crippen molar-refractivity contribution in [2.24, 2.45) is 0 Å². The Kier molecular flexibility index (Phi) is 5.76. The smallest absolute Gasteiger partial charge is 0.340 e. The molecule has 4 rings (SSSR count). The molecule has 1 amide bonds. The van der Waals surface area contributed by atoms with Crippen LogP contribution in [0.4, 0.5) is 5.95 Å². The Morgan fingerprint density at radius 3 is 2.57 bits per heavy atom. The van der Waals surface area contributed by atoms with Crippen molar-refractivity contribution in [2.45, 2.75) is 6.92 Å². The van der Waals surface area contributed by atoms with Crippen molar-refractivity contribution in [3.63, 3.8) is 0 Å². The maximum Gasteiger partial charge on any atom is 0.340 e. The highest BCUT2D eigenvalue weighted by molar-refractivity contribution is 6.31. The first-order valence-electron chi connectivity index (χ1n) is 9.55. The topological polar surface area (TPSA) is 88.5 Å². The molecule has 1 fully saturated rings. The van der Waals surface area contributed by atoms with Crippen LogP contribution in [-0.4, -0.2) is 64.5 Å². The highest BCUT2D eigenvalue weighted by atomic mass is 35.5. The van der Waals surface area contributed by atoms with Crippen LogP contribution in [0, 0.1) is 6.92 Å². The minimum absolute atomic E-state index is 0.230. The molecule has 3 aromatic rings. The number of fused-ring (bicyclic) bond motifs is 1. The zero-order valence-corrected chi connectivity index (χ0v) is 17.2. The van der Waals surface area contributed by atoms with Crippen LogP contribution >= 0.6 is 11.6 Å². The van der Waals surface area contributed by atoms with Crippen molar-refractivity contribution in [3.05, 3.63) is 59.0 Å². The molecule has 0 spiro atoms. The van der Waals surface area contributed by atoms with Crippen LogP contribution in [0.1, 0.15) is 16.1 Å². The lowest BCUT2D eigenvalue weighted by molar-refractivity contribution is -0.134. The van der Waals surface area contributed by atoms with Crippen molar-refractivity contribution in [3.8, 4) is 0 Å². The molecule has 0 radical (unpaired) electrons. The van der Waals surface area contributed by atoms with E-state index in [-0.39, 0.29) is 12.5 Å². The molecule has 8 nitrogen and oxygen atoms in total. The van der Waals surface area contributed by atoms with Crippen LogP contribution in [-0.2, 0) is 9.53 Å². The van der Waals surface area contributed by atoms with Gasteiger partial charge in [0.05, 0.1) is 16.8 Å². The lowest BCUT2D eigenvalue weighted by Gasteiger charge is -2.34. The molecule has 0 unspecified atom stereocenters. The Bertz CT molecular complexity index is 1080. The summed E-state index contributed by atoms with van der Waals surface area (Å²) in [6, 6.07) is 8.73. The summed E-state index contributed by atoms with van der Waals surface area (Å²) in [6.45, 7) is 3.70. The van der Waals surface area contributed by atoms with E-state index in [9.17, 15) is 9.59 Å². The predicted molar refractivity (Wildman–Crippen MR) is 113 cm³/mol. The van der Waals surface area contributed by atoms with E-state index in [1.807, 2.05) is 4.90 Å². The number of esters is 1. The number of benzene rings is 1. The number of anilines is 1. The molecule has 0 bridgehead atoms. The lowest BCUT2D eigenvalue weighted by Crippen LogP contribution is -2.50. The van der Waals surface area contributed by atoms with Gasteiger partial charge in [-0.2, -0.15) is 0 Å². The van der Waals surface area contributed by atoms with Gasteiger partial charge in [0.15, 0.2) is 6.61 Å². The average molecular weight is 426 g/mol. The number of hydrogen-bond acceptors (Lipinski definition) is 7. The molecule has 30 heavy (non-hydrogen) atoms. The number of aryl methyl sites for hydroxylation is 1. The van der Waals surface area contributed by atoms with Gasteiger partial charge in [-0.05, 0) is 37.3 Å². The zero-order valence-electron chi connectivity index (χ0n) is 16.4. The second kappa shape index (κ2) is 8.62. The molecule has 0 aliphatic carbocycles. The van der Waals surface area contributed by atoms with Gasteiger partial charge in [0.2, 0.25) is 5.95 Å². The molecular formula is C21H20ClN5O3. The first-order valence-corrected chi connectivity index (χ1v) is 9.93. The van der Waals surface area contributed by atoms with Gasteiger partial charge in [-0.15, -0.1) is 0 Å². The van der Waals surface area contributed by atoms with Gasteiger partial charge in [0.25, 0.3) is 5.91 Å². The monoisotopic (exact) mass is 425 g/mol. The van der Waals surface area contributed by atoms with Crippen LogP contribution < -0.4 is 4.90 Å². The summed E-state index contributed by atoms with van der Waals surface area (Å²) in [5.74, 6) is -0.159. The average Bonchev–Trinajstić information content (AvgIpc) is 2.77. The van der Waals surface area contributed by atoms with Gasteiger partial charge >= 0.3 is 5.97 Å². The van der Waals surface area contributed by atoms with Gasteiger partial charge in [-0.25, -0.2) is 14.8 Å². The standard InChI is InChI=1S/C21H20ClN5O3/c1-14-17(12-15-11-16(22)3-4-18(15)25-14)20(29)30-13-19(28)26-7-9-27(10-8-26)21-23-5-2-6-24-21/h2-6,11-12H,7-10,13H2,1H3. The van der Waals surface area contributed by atoms with Gasteiger partial charge in [0, 0.05) is 49.0 Å². The Balaban J connectivity index is 1.34. The van der Waals surface area contributed by atoms with Crippen molar-refractivity contribution in [2.75, 3.05) is 37.7 Å². The molecule has 0 atom stereocenters. The van der Waals surface area contributed by atoms with Crippen LogP contribution in [0.2, 0.25) is 5.02 Å². The normalized spacial score (nSPS) is 14.1. The fourth-order valence-corrected chi connectivity index (χ4v) is 3.54. The number of hydrogen-bond donors (Lipinski definition) is 0. The minimum atomic E-state index is -0.577. The first-order chi connectivity index (χ1) is 14.5. The molecular weight excluding hydrogens is 406 g/mol. The third-order valence-electron chi connectivity index (χ3n) is 4.98. The number of carbonyl (C=O) groups excluding carboxylic acids is 2. The SMILES string of the molecule is Cc1nc2ccc(Cl)cc2cc1C(=O)OCC(=O)N1CCN(c2ncccn2)CC1. The van der Waals surface area contributed by atoms with Gasteiger partial charge in [-0.1, -0.05) is 11.6 Å². The number of nitrogens with zero attached hydrogens (tertiary/aromatic N) is 5. The summed E-state index contributed by atoms with van der Waals surface area (Å²) < 4.78 is 5.27. The summed E-state index contributed by atoms with van der Waals surface area (Å²) in [5, 5.41) is 1.30. The molecule has 154 valence electrons. The predicted octanol–water partition coefficient (Wildman–Crippen LogP) is 2.49. The van der Waals surface area contributed by atoms with E-state index in [2.05, 4.69) is 15.0 Å². The fourth-order valence-electron chi connectivity index (χ4n) is 3.36. The number of piperazine rings is 1. The molecule has 0 saturated carbocycles. The summed E-state index contributed by atoms with van der Waals surface area (Å²) in [4.78, 5) is 41.6. The summed E-state index contributed by atoms with van der Waals surface area (Å²) in [7, 11) is 0.